The van der Waals surface area contributed by atoms with Crippen molar-refractivity contribution in [2.24, 2.45) is 0 Å². The standard InChI is InChI=1S/C17H17NO2/c1-9-8-17(2,3)18-14-12(9)7-10-5-4-6-11(10)13(14)15(19)16(18)20/h7-8H,4-6H2,1-3H3. The Labute approximate surface area is 118 Å². The molecule has 0 saturated carbocycles. The maximum atomic E-state index is 12.5. The van der Waals surface area contributed by atoms with Crippen molar-refractivity contribution in [2.75, 3.05) is 4.90 Å². The van der Waals surface area contributed by atoms with Crippen molar-refractivity contribution >= 4 is 23.0 Å². The van der Waals surface area contributed by atoms with Crippen LogP contribution < -0.4 is 4.90 Å². The van der Waals surface area contributed by atoms with E-state index < -0.39 is 5.54 Å². The molecule has 0 fully saturated rings. The number of benzene rings is 1. The van der Waals surface area contributed by atoms with Gasteiger partial charge in [0.1, 0.15) is 0 Å². The molecule has 1 aromatic carbocycles. The number of hydrogen-bond acceptors (Lipinski definition) is 2. The quantitative estimate of drug-likeness (QED) is 0.678. The van der Waals surface area contributed by atoms with Gasteiger partial charge in [0, 0.05) is 5.56 Å². The number of ketones is 1. The van der Waals surface area contributed by atoms with Gasteiger partial charge in [-0.3, -0.25) is 14.5 Å². The zero-order chi connectivity index (χ0) is 14.2. The highest BCUT2D eigenvalue weighted by atomic mass is 16.2. The fourth-order valence-electron chi connectivity index (χ4n) is 4.04. The Balaban J connectivity index is 2.14. The Bertz CT molecular complexity index is 725. The van der Waals surface area contributed by atoms with Gasteiger partial charge in [-0.2, -0.15) is 0 Å². The molecule has 20 heavy (non-hydrogen) atoms. The smallest absolute Gasteiger partial charge is 0.295 e. The van der Waals surface area contributed by atoms with Gasteiger partial charge in [0.2, 0.25) is 0 Å². The molecule has 0 saturated heterocycles. The van der Waals surface area contributed by atoms with E-state index in [2.05, 4.69) is 19.1 Å². The number of allylic oxidation sites excluding steroid dienone is 1. The van der Waals surface area contributed by atoms with E-state index in [0.29, 0.717) is 5.56 Å². The average Bonchev–Trinajstić information content (AvgIpc) is 2.91. The summed E-state index contributed by atoms with van der Waals surface area (Å²) in [6, 6.07) is 2.20. The van der Waals surface area contributed by atoms with Crippen LogP contribution in [0, 0.1) is 0 Å². The van der Waals surface area contributed by atoms with E-state index in [1.165, 1.54) is 11.1 Å². The predicted molar refractivity (Wildman–Crippen MR) is 78.0 cm³/mol. The van der Waals surface area contributed by atoms with Crippen LogP contribution in [-0.2, 0) is 17.6 Å². The Kier molecular flexibility index (Phi) is 2.02. The second-order valence-corrected chi connectivity index (χ2v) is 6.59. The van der Waals surface area contributed by atoms with Crippen molar-refractivity contribution in [3.8, 4) is 0 Å². The van der Waals surface area contributed by atoms with Crippen LogP contribution in [-0.4, -0.2) is 17.2 Å². The second-order valence-electron chi connectivity index (χ2n) is 6.59. The molecule has 0 N–H and O–H groups in total. The van der Waals surface area contributed by atoms with Crippen molar-refractivity contribution in [1.29, 1.82) is 0 Å². The second kappa shape index (κ2) is 3.40. The minimum Gasteiger partial charge on any atom is -0.295 e. The molecule has 3 nitrogen and oxygen atoms in total. The van der Waals surface area contributed by atoms with Crippen molar-refractivity contribution in [1.82, 2.24) is 0 Å². The summed E-state index contributed by atoms with van der Waals surface area (Å²) in [5.41, 5.74) is 5.75. The van der Waals surface area contributed by atoms with Gasteiger partial charge >= 0.3 is 0 Å². The Morgan fingerprint density at radius 2 is 1.95 bits per heavy atom. The topological polar surface area (TPSA) is 37.4 Å². The third kappa shape index (κ3) is 1.21. The highest BCUT2D eigenvalue weighted by Gasteiger charge is 2.48. The van der Waals surface area contributed by atoms with E-state index in [-0.39, 0.29) is 11.7 Å². The first-order chi connectivity index (χ1) is 9.42. The van der Waals surface area contributed by atoms with Gasteiger partial charge in [0.05, 0.1) is 16.8 Å². The Morgan fingerprint density at radius 1 is 1.20 bits per heavy atom. The number of fused-ring (bicyclic) bond motifs is 2. The molecular formula is C17H17NO2. The summed E-state index contributed by atoms with van der Waals surface area (Å²) in [4.78, 5) is 26.6. The highest BCUT2D eigenvalue weighted by molar-refractivity contribution is 6.53. The number of Topliss-reactive ketones (excluding diaryl/α,β-unsaturated/α-hetero) is 1. The van der Waals surface area contributed by atoms with Crippen LogP contribution in [0.3, 0.4) is 0 Å². The minimum atomic E-state index is -0.429. The number of carbonyl (C=O) groups is 2. The maximum Gasteiger partial charge on any atom is 0.300 e. The fourth-order valence-corrected chi connectivity index (χ4v) is 4.04. The van der Waals surface area contributed by atoms with E-state index in [4.69, 9.17) is 0 Å². The van der Waals surface area contributed by atoms with Crippen LogP contribution in [0.5, 0.6) is 0 Å². The van der Waals surface area contributed by atoms with Gasteiger partial charge in [0.15, 0.2) is 0 Å². The van der Waals surface area contributed by atoms with Gasteiger partial charge in [-0.25, -0.2) is 0 Å². The fraction of sp³-hybridized carbons (Fsp3) is 0.412. The third-order valence-electron chi connectivity index (χ3n) is 4.79. The molecule has 0 atom stereocenters. The van der Waals surface area contributed by atoms with Gasteiger partial charge in [-0.05, 0) is 62.8 Å². The lowest BCUT2D eigenvalue weighted by Gasteiger charge is -2.38. The summed E-state index contributed by atoms with van der Waals surface area (Å²) >= 11 is 0. The summed E-state index contributed by atoms with van der Waals surface area (Å²) in [7, 11) is 0. The van der Waals surface area contributed by atoms with E-state index in [1.807, 2.05) is 13.8 Å². The summed E-state index contributed by atoms with van der Waals surface area (Å²) < 4.78 is 0. The molecule has 102 valence electrons. The number of anilines is 1. The van der Waals surface area contributed by atoms with Crippen molar-refractivity contribution < 1.29 is 9.59 Å². The molecule has 2 heterocycles. The van der Waals surface area contributed by atoms with Crippen molar-refractivity contribution in [3.05, 3.63) is 34.4 Å². The molecule has 1 aromatic rings. The third-order valence-corrected chi connectivity index (χ3v) is 4.79. The van der Waals surface area contributed by atoms with E-state index in [1.54, 1.807) is 4.90 Å². The molecule has 0 unspecified atom stereocenters. The number of nitrogens with zero attached hydrogens (tertiary/aromatic N) is 1. The molecular weight excluding hydrogens is 250 g/mol. The summed E-state index contributed by atoms with van der Waals surface area (Å²) in [5.74, 6) is -0.675. The van der Waals surface area contributed by atoms with Crippen LogP contribution in [0.1, 0.15) is 54.2 Å². The molecule has 2 aliphatic heterocycles. The normalized spacial score (nSPS) is 21.9. The zero-order valence-electron chi connectivity index (χ0n) is 12.0. The van der Waals surface area contributed by atoms with E-state index >= 15 is 0 Å². The average molecular weight is 267 g/mol. The lowest BCUT2D eigenvalue weighted by molar-refractivity contribution is -0.115. The first kappa shape index (κ1) is 11.9. The summed E-state index contributed by atoms with van der Waals surface area (Å²) in [6.07, 6.45) is 5.12. The Morgan fingerprint density at radius 3 is 2.70 bits per heavy atom. The van der Waals surface area contributed by atoms with E-state index in [0.717, 1.165) is 36.1 Å². The predicted octanol–water partition coefficient (Wildman–Crippen LogP) is 2.90. The number of rotatable bonds is 0. The molecule has 0 aromatic heterocycles. The molecule has 1 aliphatic carbocycles. The summed E-state index contributed by atoms with van der Waals surface area (Å²) in [6.45, 7) is 6.06. The molecule has 3 heteroatoms. The molecule has 0 spiro atoms. The monoisotopic (exact) mass is 267 g/mol. The van der Waals surface area contributed by atoms with Crippen molar-refractivity contribution in [2.45, 2.75) is 45.6 Å². The SMILES string of the molecule is CC1=CC(C)(C)N2C(=O)C(=O)c3c4c(cc1c32)CCC4. The minimum absolute atomic E-state index is 0.309. The zero-order valence-corrected chi connectivity index (χ0v) is 12.0. The van der Waals surface area contributed by atoms with Gasteiger partial charge in [0.25, 0.3) is 11.7 Å². The van der Waals surface area contributed by atoms with Crippen molar-refractivity contribution in [3.63, 3.8) is 0 Å². The van der Waals surface area contributed by atoms with Gasteiger partial charge in [-0.15, -0.1) is 0 Å². The van der Waals surface area contributed by atoms with Crippen LogP contribution in [0.2, 0.25) is 0 Å². The molecule has 0 bridgehead atoms. The largest absolute Gasteiger partial charge is 0.300 e. The van der Waals surface area contributed by atoms with Gasteiger partial charge in [-0.1, -0.05) is 6.08 Å². The molecule has 3 aliphatic rings. The van der Waals surface area contributed by atoms with E-state index in [9.17, 15) is 9.59 Å². The Hall–Kier alpha value is -1.90. The van der Waals surface area contributed by atoms with Crippen LogP contribution in [0.15, 0.2) is 12.1 Å². The molecule has 4 rings (SSSR count). The lowest BCUT2D eigenvalue weighted by atomic mass is 9.86. The molecule has 0 radical (unpaired) electrons. The highest BCUT2D eigenvalue weighted by Crippen LogP contribution is 2.48. The lowest BCUT2D eigenvalue weighted by Crippen LogP contribution is -2.47. The maximum absolute atomic E-state index is 12.5. The number of aryl methyl sites for hydroxylation is 1. The van der Waals surface area contributed by atoms with Crippen LogP contribution in [0.4, 0.5) is 5.69 Å². The first-order valence-electron chi connectivity index (χ1n) is 7.19. The molecule has 1 amide bonds. The van der Waals surface area contributed by atoms with Crippen LogP contribution >= 0.6 is 0 Å². The van der Waals surface area contributed by atoms with Crippen LogP contribution in [0.25, 0.3) is 5.57 Å². The number of amides is 1. The first-order valence-corrected chi connectivity index (χ1v) is 7.19. The number of hydrogen-bond donors (Lipinski definition) is 0. The van der Waals surface area contributed by atoms with Gasteiger partial charge < -0.3 is 0 Å². The number of carbonyl (C=O) groups excluding carboxylic acids is 2. The summed E-state index contributed by atoms with van der Waals surface area (Å²) in [5, 5.41) is 0.